The molecule has 0 radical (unpaired) electrons. The number of carbonyl (C=O) groups is 1. The largest absolute Gasteiger partial charge is 0.593 e. The molecule has 1 amide bonds. The van der Waals surface area contributed by atoms with E-state index in [4.69, 9.17) is 17.3 Å². The number of hydrogen-bond donors (Lipinski definition) is 2. The minimum Gasteiger partial charge on any atom is -0.593 e. The maximum atomic E-state index is 13.2. The molecule has 0 bridgehead atoms. The highest BCUT2D eigenvalue weighted by Crippen LogP contribution is 2.34. The lowest BCUT2D eigenvalue weighted by Crippen LogP contribution is -2.42. The third-order valence-electron chi connectivity index (χ3n) is 5.40. The summed E-state index contributed by atoms with van der Waals surface area (Å²) in [6.07, 6.45) is 5.01. The molecule has 1 saturated heterocycles. The molecule has 3 unspecified atom stereocenters. The molecule has 8 heteroatoms. The Morgan fingerprint density at radius 1 is 1.16 bits per heavy atom. The molecule has 31 heavy (non-hydrogen) atoms. The van der Waals surface area contributed by atoms with Gasteiger partial charge in [0, 0.05) is 36.2 Å². The number of amides is 1. The number of rotatable bonds is 6. The van der Waals surface area contributed by atoms with E-state index in [2.05, 4.69) is 10.3 Å². The molecule has 4 rings (SSSR count). The Morgan fingerprint density at radius 3 is 2.58 bits per heavy atom. The molecule has 0 aliphatic carbocycles. The van der Waals surface area contributed by atoms with E-state index in [1.165, 1.54) is 0 Å². The normalized spacial score (nSPS) is 18.5. The van der Waals surface area contributed by atoms with Crippen LogP contribution in [0.25, 0.3) is 0 Å². The van der Waals surface area contributed by atoms with Gasteiger partial charge in [0.15, 0.2) is 4.90 Å². The maximum absolute atomic E-state index is 13.2. The fourth-order valence-electron chi connectivity index (χ4n) is 3.76. The first kappa shape index (κ1) is 21.8. The number of carbonyl (C=O) groups excluding carboxylic acids is 1. The molecule has 3 aromatic rings. The topological polar surface area (TPSA) is 94.3 Å². The summed E-state index contributed by atoms with van der Waals surface area (Å²) in [7, 11) is 0. The molecule has 2 aromatic carbocycles. The number of pyridine rings is 1. The first-order valence-electron chi connectivity index (χ1n) is 10.0. The van der Waals surface area contributed by atoms with Gasteiger partial charge in [0.05, 0.1) is 22.4 Å². The zero-order valence-corrected chi connectivity index (χ0v) is 18.4. The second-order valence-electron chi connectivity index (χ2n) is 7.37. The summed E-state index contributed by atoms with van der Waals surface area (Å²) in [4.78, 5) is 17.0. The van der Waals surface area contributed by atoms with Crippen molar-refractivity contribution in [1.82, 2.24) is 9.29 Å². The smallest absolute Gasteiger partial charge is 0.255 e. The molecular formula is C23H23ClN4O2S. The predicted octanol–water partition coefficient (Wildman–Crippen LogP) is 4.17. The van der Waals surface area contributed by atoms with Crippen molar-refractivity contribution in [2.75, 3.05) is 11.9 Å². The van der Waals surface area contributed by atoms with Gasteiger partial charge in [0.25, 0.3) is 5.91 Å². The van der Waals surface area contributed by atoms with Crippen molar-refractivity contribution < 1.29 is 9.35 Å². The van der Waals surface area contributed by atoms with Crippen LogP contribution in [0.5, 0.6) is 0 Å². The van der Waals surface area contributed by atoms with E-state index in [0.29, 0.717) is 27.7 Å². The van der Waals surface area contributed by atoms with Crippen LogP contribution in [0.2, 0.25) is 5.02 Å². The van der Waals surface area contributed by atoms with Gasteiger partial charge in [-0.25, -0.2) is 0 Å². The molecular weight excluding hydrogens is 432 g/mol. The third kappa shape index (κ3) is 4.92. The molecule has 3 atom stereocenters. The van der Waals surface area contributed by atoms with Gasteiger partial charge >= 0.3 is 0 Å². The average Bonchev–Trinajstić information content (AvgIpc) is 3.29. The van der Waals surface area contributed by atoms with E-state index in [-0.39, 0.29) is 18.0 Å². The van der Waals surface area contributed by atoms with Crippen molar-refractivity contribution in [3.63, 3.8) is 0 Å². The summed E-state index contributed by atoms with van der Waals surface area (Å²) in [5, 5.41) is 3.33. The van der Waals surface area contributed by atoms with Crippen molar-refractivity contribution >= 4 is 34.6 Å². The van der Waals surface area contributed by atoms with E-state index >= 15 is 0 Å². The lowest BCUT2D eigenvalue weighted by molar-refractivity contribution is 0.102. The first-order chi connectivity index (χ1) is 15.0. The molecule has 1 aliphatic rings. The third-order valence-corrected chi connectivity index (χ3v) is 7.45. The predicted molar refractivity (Wildman–Crippen MR) is 123 cm³/mol. The van der Waals surface area contributed by atoms with Gasteiger partial charge in [-0.05, 0) is 54.8 Å². The molecule has 2 heterocycles. The number of benzene rings is 2. The van der Waals surface area contributed by atoms with E-state index in [1.807, 2.05) is 28.6 Å². The van der Waals surface area contributed by atoms with Crippen molar-refractivity contribution in [2.24, 2.45) is 5.73 Å². The van der Waals surface area contributed by atoms with E-state index in [1.54, 1.807) is 48.8 Å². The van der Waals surface area contributed by atoms with Crippen LogP contribution < -0.4 is 11.1 Å². The van der Waals surface area contributed by atoms with Crippen LogP contribution >= 0.6 is 11.6 Å². The number of anilines is 1. The molecule has 3 N–H and O–H groups in total. The number of halogens is 1. The Labute approximate surface area is 189 Å². The SMILES string of the molecule is NC(c1ccc(C(=O)Nc2ccncc2)cc1)C1CCCN1[S+]([O-])c1ccccc1Cl. The summed E-state index contributed by atoms with van der Waals surface area (Å²) in [5.41, 5.74) is 8.70. The second-order valence-corrected chi connectivity index (χ2v) is 9.18. The molecule has 160 valence electrons. The Morgan fingerprint density at radius 2 is 1.87 bits per heavy atom. The number of nitrogens with two attached hydrogens (primary N) is 1. The van der Waals surface area contributed by atoms with E-state index in [9.17, 15) is 9.35 Å². The van der Waals surface area contributed by atoms with Gasteiger partial charge < -0.3 is 15.6 Å². The first-order valence-corrected chi connectivity index (χ1v) is 11.5. The van der Waals surface area contributed by atoms with Gasteiger partial charge in [-0.3, -0.25) is 9.78 Å². The Kier molecular flexibility index (Phi) is 6.89. The van der Waals surface area contributed by atoms with Crippen LogP contribution in [-0.2, 0) is 11.4 Å². The van der Waals surface area contributed by atoms with Crippen LogP contribution in [-0.4, -0.2) is 32.3 Å². The summed E-state index contributed by atoms with van der Waals surface area (Å²) < 4.78 is 15.1. The highest BCUT2D eigenvalue weighted by atomic mass is 35.5. The molecule has 1 aromatic heterocycles. The summed E-state index contributed by atoms with van der Waals surface area (Å²) in [6, 6.07) is 17.5. The van der Waals surface area contributed by atoms with Crippen molar-refractivity contribution in [3.8, 4) is 0 Å². The zero-order chi connectivity index (χ0) is 21.8. The van der Waals surface area contributed by atoms with Crippen LogP contribution in [0.3, 0.4) is 0 Å². The zero-order valence-electron chi connectivity index (χ0n) is 16.8. The molecule has 6 nitrogen and oxygen atoms in total. The number of aromatic nitrogens is 1. The lowest BCUT2D eigenvalue weighted by Gasteiger charge is -2.30. The van der Waals surface area contributed by atoms with Crippen LogP contribution in [0.1, 0.15) is 34.8 Å². The Bertz CT molecular complexity index is 1040. The number of nitrogens with zero attached hydrogens (tertiary/aromatic N) is 2. The fraction of sp³-hybridized carbons (Fsp3) is 0.217. The van der Waals surface area contributed by atoms with Crippen molar-refractivity contribution in [2.45, 2.75) is 29.8 Å². The minimum atomic E-state index is -1.38. The van der Waals surface area contributed by atoms with E-state index in [0.717, 1.165) is 18.4 Å². The monoisotopic (exact) mass is 454 g/mol. The second kappa shape index (κ2) is 9.80. The van der Waals surface area contributed by atoms with Gasteiger partial charge in [0.1, 0.15) is 0 Å². The quantitative estimate of drug-likeness (QED) is 0.545. The minimum absolute atomic E-state index is 0.0754. The highest BCUT2D eigenvalue weighted by molar-refractivity contribution is 7.89. The summed E-state index contributed by atoms with van der Waals surface area (Å²) in [5.74, 6) is -0.200. The van der Waals surface area contributed by atoms with Crippen molar-refractivity contribution in [1.29, 1.82) is 0 Å². The van der Waals surface area contributed by atoms with Crippen LogP contribution in [0.15, 0.2) is 78.0 Å². The molecule has 1 aliphatic heterocycles. The molecule has 0 spiro atoms. The molecule has 1 fully saturated rings. The van der Waals surface area contributed by atoms with E-state index < -0.39 is 11.4 Å². The number of nitrogens with one attached hydrogen (secondary N) is 1. The molecule has 0 saturated carbocycles. The summed E-state index contributed by atoms with van der Waals surface area (Å²) in [6.45, 7) is 0.697. The fourth-order valence-corrected chi connectivity index (χ4v) is 5.55. The average molecular weight is 455 g/mol. The summed E-state index contributed by atoms with van der Waals surface area (Å²) >= 11 is 4.88. The Hall–Kier alpha value is -2.42. The van der Waals surface area contributed by atoms with Crippen LogP contribution in [0, 0.1) is 0 Å². The maximum Gasteiger partial charge on any atom is 0.255 e. The number of hydrogen-bond acceptors (Lipinski definition) is 5. The van der Waals surface area contributed by atoms with Crippen LogP contribution in [0.4, 0.5) is 5.69 Å². The van der Waals surface area contributed by atoms with Gasteiger partial charge in [-0.1, -0.05) is 35.9 Å². The van der Waals surface area contributed by atoms with Gasteiger partial charge in [0.2, 0.25) is 0 Å². The van der Waals surface area contributed by atoms with Gasteiger partial charge in [-0.15, -0.1) is 4.31 Å². The van der Waals surface area contributed by atoms with Crippen molar-refractivity contribution in [3.05, 3.63) is 89.2 Å². The highest BCUT2D eigenvalue weighted by Gasteiger charge is 2.39. The Balaban J connectivity index is 1.46. The standard InChI is InChI=1S/C23H23ClN4O2S/c24-19-4-1-2-6-21(19)31(30)28-15-3-5-20(28)22(25)16-7-9-17(10-8-16)23(29)27-18-11-13-26-14-12-18/h1-2,4,6-14,20,22H,3,5,15,25H2,(H,26,27,29). The lowest BCUT2D eigenvalue weighted by atomic mass is 9.98. The van der Waals surface area contributed by atoms with Gasteiger partial charge in [-0.2, -0.15) is 0 Å².